The minimum atomic E-state index is -0.00914. The molecule has 1 saturated carbocycles. The first-order chi connectivity index (χ1) is 18.8. The van der Waals surface area contributed by atoms with Gasteiger partial charge in [0.2, 0.25) is 5.91 Å². The van der Waals surface area contributed by atoms with Crippen molar-refractivity contribution in [1.29, 1.82) is 0 Å². The van der Waals surface area contributed by atoms with Crippen LogP contribution in [0.25, 0.3) is 0 Å². The Morgan fingerprint density at radius 1 is 1.03 bits per heavy atom. The number of piperazine rings is 1. The molecule has 1 saturated heterocycles. The SMILES string of the molecule is CC1(C)C2CC=C(CN(CCN3CCN(C(=O)COCc4ccccc4)CC3)C(=O)c3ccccc3Cl)C1C2. The van der Waals surface area contributed by atoms with Gasteiger partial charge in [0.25, 0.3) is 5.91 Å². The van der Waals surface area contributed by atoms with Crippen molar-refractivity contribution in [2.75, 3.05) is 52.4 Å². The summed E-state index contributed by atoms with van der Waals surface area (Å²) >= 11 is 6.43. The normalized spacial score (nSPS) is 22.1. The average Bonchev–Trinajstić information content (AvgIpc) is 2.96. The molecule has 1 aliphatic heterocycles. The summed E-state index contributed by atoms with van der Waals surface area (Å²) in [6.07, 6.45) is 4.72. The molecule has 39 heavy (non-hydrogen) atoms. The number of rotatable bonds is 10. The van der Waals surface area contributed by atoms with E-state index < -0.39 is 0 Å². The van der Waals surface area contributed by atoms with Crippen molar-refractivity contribution in [3.8, 4) is 0 Å². The topological polar surface area (TPSA) is 53.1 Å². The Morgan fingerprint density at radius 2 is 1.74 bits per heavy atom. The third kappa shape index (κ3) is 6.40. The van der Waals surface area contributed by atoms with Gasteiger partial charge in [0.05, 0.1) is 17.2 Å². The smallest absolute Gasteiger partial charge is 0.255 e. The van der Waals surface area contributed by atoms with E-state index >= 15 is 0 Å². The molecule has 2 aromatic rings. The standard InChI is InChI=1S/C32H40ClN3O3/c1-32(2)26-13-12-25(28(32)20-26)21-36(31(38)27-10-6-7-11-29(27)33)19-16-34-14-17-35(18-15-34)30(37)23-39-22-24-8-4-3-5-9-24/h3-12,26,28H,13-23H2,1-2H3. The number of ether oxygens (including phenoxy) is 1. The molecule has 2 amide bonds. The summed E-state index contributed by atoms with van der Waals surface area (Å²) in [4.78, 5) is 32.5. The highest BCUT2D eigenvalue weighted by molar-refractivity contribution is 6.33. The molecule has 0 aromatic heterocycles. The van der Waals surface area contributed by atoms with Crippen LogP contribution in [0.15, 0.2) is 66.2 Å². The summed E-state index contributed by atoms with van der Waals surface area (Å²) in [7, 11) is 0. The van der Waals surface area contributed by atoms with E-state index in [1.165, 1.54) is 12.0 Å². The lowest BCUT2D eigenvalue weighted by atomic mass is 9.49. The van der Waals surface area contributed by atoms with Gasteiger partial charge >= 0.3 is 0 Å². The second-order valence-electron chi connectivity index (χ2n) is 11.7. The number of carbonyl (C=O) groups is 2. The first kappa shape index (κ1) is 27.9. The molecule has 2 bridgehead atoms. The van der Waals surface area contributed by atoms with Gasteiger partial charge in [-0.2, -0.15) is 0 Å². The van der Waals surface area contributed by atoms with Crippen molar-refractivity contribution in [2.45, 2.75) is 33.3 Å². The fraction of sp³-hybridized carbons (Fsp3) is 0.500. The first-order valence-electron chi connectivity index (χ1n) is 14.2. The molecule has 3 aliphatic carbocycles. The van der Waals surface area contributed by atoms with Crippen LogP contribution in [0.5, 0.6) is 0 Å². The lowest BCUT2D eigenvalue weighted by molar-refractivity contribution is -0.138. The molecule has 2 unspecified atom stereocenters. The van der Waals surface area contributed by atoms with Crippen LogP contribution >= 0.6 is 11.6 Å². The number of benzene rings is 2. The number of hydrogen-bond acceptors (Lipinski definition) is 4. The average molecular weight is 550 g/mol. The van der Waals surface area contributed by atoms with Crippen LogP contribution in [-0.4, -0.2) is 78.9 Å². The van der Waals surface area contributed by atoms with Crippen LogP contribution in [0, 0.1) is 17.3 Å². The van der Waals surface area contributed by atoms with Crippen molar-refractivity contribution < 1.29 is 14.3 Å². The molecule has 1 heterocycles. The Morgan fingerprint density at radius 3 is 2.44 bits per heavy atom. The van der Waals surface area contributed by atoms with E-state index in [4.69, 9.17) is 16.3 Å². The summed E-state index contributed by atoms with van der Waals surface area (Å²) in [6.45, 7) is 10.3. The molecule has 2 atom stereocenters. The second kappa shape index (κ2) is 12.2. The maximum atomic E-state index is 13.7. The third-order valence-electron chi connectivity index (χ3n) is 9.10. The fourth-order valence-electron chi connectivity index (χ4n) is 6.34. The molecule has 0 N–H and O–H groups in total. The largest absolute Gasteiger partial charge is 0.367 e. The van der Waals surface area contributed by atoms with Crippen LogP contribution in [0.4, 0.5) is 0 Å². The Kier molecular flexibility index (Phi) is 8.75. The molecule has 7 heteroatoms. The van der Waals surface area contributed by atoms with Gasteiger partial charge in [0.15, 0.2) is 0 Å². The molecular weight excluding hydrogens is 510 g/mol. The van der Waals surface area contributed by atoms with E-state index in [1.54, 1.807) is 6.07 Å². The minimum Gasteiger partial charge on any atom is -0.367 e. The Bertz CT molecular complexity index is 1190. The van der Waals surface area contributed by atoms with Crippen LogP contribution in [0.2, 0.25) is 5.02 Å². The zero-order valence-corrected chi connectivity index (χ0v) is 23.9. The van der Waals surface area contributed by atoms with Gasteiger partial charge in [-0.05, 0) is 47.8 Å². The molecule has 0 radical (unpaired) electrons. The maximum Gasteiger partial charge on any atom is 0.255 e. The molecular formula is C32H40ClN3O3. The van der Waals surface area contributed by atoms with Gasteiger partial charge in [-0.15, -0.1) is 0 Å². The number of amides is 2. The van der Waals surface area contributed by atoms with Crippen molar-refractivity contribution in [2.24, 2.45) is 17.3 Å². The summed E-state index contributed by atoms with van der Waals surface area (Å²) in [5, 5.41) is 0.496. The summed E-state index contributed by atoms with van der Waals surface area (Å²) < 4.78 is 5.65. The second-order valence-corrected chi connectivity index (χ2v) is 12.1. The van der Waals surface area contributed by atoms with E-state index in [9.17, 15) is 9.59 Å². The molecule has 2 aromatic carbocycles. The quantitative estimate of drug-likeness (QED) is 0.385. The predicted molar refractivity (Wildman–Crippen MR) is 155 cm³/mol. The lowest BCUT2D eigenvalue weighted by Gasteiger charge is -2.57. The van der Waals surface area contributed by atoms with Crippen molar-refractivity contribution in [3.05, 3.63) is 82.4 Å². The summed E-state index contributed by atoms with van der Waals surface area (Å²) in [6, 6.07) is 17.2. The number of hydrogen-bond donors (Lipinski definition) is 0. The van der Waals surface area contributed by atoms with Gasteiger partial charge in [-0.1, -0.05) is 79.6 Å². The van der Waals surface area contributed by atoms with E-state index in [2.05, 4.69) is 24.8 Å². The molecule has 0 spiro atoms. The number of halogens is 1. The van der Waals surface area contributed by atoms with E-state index in [1.807, 2.05) is 58.3 Å². The van der Waals surface area contributed by atoms with E-state index in [0.717, 1.165) is 37.5 Å². The summed E-state index contributed by atoms with van der Waals surface area (Å²) in [5.74, 6) is 1.34. The monoisotopic (exact) mass is 549 g/mol. The van der Waals surface area contributed by atoms with Crippen molar-refractivity contribution >= 4 is 23.4 Å². The number of fused-ring (bicyclic) bond motifs is 1. The summed E-state index contributed by atoms with van der Waals surface area (Å²) in [5.41, 5.74) is 3.34. The van der Waals surface area contributed by atoms with Crippen molar-refractivity contribution in [3.63, 3.8) is 0 Å². The molecule has 4 aliphatic rings. The number of carbonyl (C=O) groups excluding carboxylic acids is 2. The zero-order chi connectivity index (χ0) is 27.4. The zero-order valence-electron chi connectivity index (χ0n) is 23.2. The minimum absolute atomic E-state index is 0.00914. The number of nitrogens with zero attached hydrogens (tertiary/aromatic N) is 3. The van der Waals surface area contributed by atoms with Crippen molar-refractivity contribution in [1.82, 2.24) is 14.7 Å². The van der Waals surface area contributed by atoms with Crippen LogP contribution in [0.3, 0.4) is 0 Å². The van der Waals surface area contributed by atoms with Gasteiger partial charge in [0.1, 0.15) is 6.61 Å². The van der Waals surface area contributed by atoms with Gasteiger partial charge in [-0.25, -0.2) is 0 Å². The highest BCUT2D eigenvalue weighted by Crippen LogP contribution is 2.59. The third-order valence-corrected chi connectivity index (χ3v) is 9.43. The maximum absolute atomic E-state index is 13.7. The van der Waals surface area contributed by atoms with E-state index in [-0.39, 0.29) is 18.4 Å². The Hall–Kier alpha value is -2.67. The predicted octanol–water partition coefficient (Wildman–Crippen LogP) is 5.14. The highest BCUT2D eigenvalue weighted by atomic mass is 35.5. The van der Waals surface area contributed by atoms with E-state index in [0.29, 0.717) is 54.7 Å². The van der Waals surface area contributed by atoms with Gasteiger partial charge in [0, 0.05) is 45.8 Å². The first-order valence-corrected chi connectivity index (χ1v) is 14.5. The van der Waals surface area contributed by atoms with Gasteiger partial charge in [-0.3, -0.25) is 14.5 Å². The Labute approximate surface area is 237 Å². The molecule has 6 nitrogen and oxygen atoms in total. The number of allylic oxidation sites excluding steroid dienone is 1. The molecule has 6 rings (SSSR count). The molecule has 208 valence electrons. The van der Waals surface area contributed by atoms with Gasteiger partial charge < -0.3 is 14.5 Å². The Balaban J connectivity index is 1.14. The lowest BCUT2D eigenvalue weighted by Crippen LogP contribution is -2.52. The van der Waals surface area contributed by atoms with Crippen LogP contribution in [0.1, 0.15) is 42.6 Å². The fourth-order valence-corrected chi connectivity index (χ4v) is 6.55. The van der Waals surface area contributed by atoms with Crippen LogP contribution in [-0.2, 0) is 16.1 Å². The molecule has 2 fully saturated rings. The van der Waals surface area contributed by atoms with Crippen LogP contribution < -0.4 is 0 Å². The highest BCUT2D eigenvalue weighted by Gasteiger charge is 2.51.